The maximum Gasteiger partial charge on any atom is 0.251 e. The topological polar surface area (TPSA) is 65.5 Å². The van der Waals surface area contributed by atoms with Crippen LogP contribution in [0.15, 0.2) is 24.5 Å². The van der Waals surface area contributed by atoms with Crippen molar-refractivity contribution in [1.29, 1.82) is 0 Å². The van der Waals surface area contributed by atoms with Gasteiger partial charge in [0.15, 0.2) is 0 Å². The quantitative estimate of drug-likeness (QED) is 0.889. The van der Waals surface area contributed by atoms with E-state index in [2.05, 4.69) is 15.2 Å². The van der Waals surface area contributed by atoms with Crippen LogP contribution in [0.3, 0.4) is 0 Å². The van der Waals surface area contributed by atoms with E-state index in [4.69, 9.17) is 0 Å². The van der Waals surface area contributed by atoms with E-state index >= 15 is 0 Å². The van der Waals surface area contributed by atoms with Crippen molar-refractivity contribution in [3.05, 3.63) is 24.5 Å². The highest BCUT2D eigenvalue weighted by atomic mass is 16.3. The molecule has 1 amide bonds. The summed E-state index contributed by atoms with van der Waals surface area (Å²) in [5, 5.41) is 13.2. The molecule has 22 heavy (non-hydrogen) atoms. The molecule has 2 aliphatic rings. The lowest BCUT2D eigenvalue weighted by molar-refractivity contribution is -0.139. The maximum absolute atomic E-state index is 12.1. The van der Waals surface area contributed by atoms with E-state index in [0.29, 0.717) is 25.3 Å². The highest BCUT2D eigenvalue weighted by Gasteiger charge is 2.38. The van der Waals surface area contributed by atoms with Gasteiger partial charge in [0.05, 0.1) is 0 Å². The van der Waals surface area contributed by atoms with Crippen molar-refractivity contribution in [2.45, 2.75) is 44.1 Å². The van der Waals surface area contributed by atoms with Gasteiger partial charge in [0.1, 0.15) is 5.60 Å². The number of piperidine rings is 1. The number of carbonyl (C=O) groups excluding carboxylic acids is 1. The SMILES string of the molecule is O=C(NCC1CCN(c2ccncc2)CC1)C1(O)CCCC1. The van der Waals surface area contributed by atoms with Crippen LogP contribution in [0, 0.1) is 5.92 Å². The monoisotopic (exact) mass is 303 g/mol. The molecule has 1 saturated carbocycles. The van der Waals surface area contributed by atoms with Gasteiger partial charge in [0, 0.05) is 37.7 Å². The van der Waals surface area contributed by atoms with Gasteiger partial charge in [-0.2, -0.15) is 0 Å². The number of nitrogens with zero attached hydrogens (tertiary/aromatic N) is 2. The van der Waals surface area contributed by atoms with E-state index in [9.17, 15) is 9.90 Å². The minimum Gasteiger partial charge on any atom is -0.380 e. The number of amides is 1. The molecule has 1 aliphatic heterocycles. The van der Waals surface area contributed by atoms with Gasteiger partial charge in [0.2, 0.25) is 0 Å². The van der Waals surface area contributed by atoms with Crippen molar-refractivity contribution >= 4 is 11.6 Å². The molecule has 0 radical (unpaired) electrons. The van der Waals surface area contributed by atoms with Crippen LogP contribution in [0.5, 0.6) is 0 Å². The van der Waals surface area contributed by atoms with Crippen molar-refractivity contribution in [2.75, 3.05) is 24.5 Å². The molecule has 0 unspecified atom stereocenters. The molecule has 2 N–H and O–H groups in total. The Morgan fingerprint density at radius 1 is 1.27 bits per heavy atom. The number of rotatable bonds is 4. The van der Waals surface area contributed by atoms with E-state index in [1.165, 1.54) is 5.69 Å². The van der Waals surface area contributed by atoms with E-state index in [-0.39, 0.29) is 5.91 Å². The van der Waals surface area contributed by atoms with E-state index in [1.54, 1.807) is 0 Å². The predicted octanol–water partition coefficient (Wildman–Crippen LogP) is 1.72. The Kier molecular flexibility index (Phi) is 4.62. The Morgan fingerprint density at radius 3 is 2.55 bits per heavy atom. The molecule has 1 aliphatic carbocycles. The fraction of sp³-hybridized carbons (Fsp3) is 0.647. The summed E-state index contributed by atoms with van der Waals surface area (Å²) in [5.41, 5.74) is 0.121. The third-order valence-corrected chi connectivity index (χ3v) is 5.05. The second kappa shape index (κ2) is 6.65. The van der Waals surface area contributed by atoms with Crippen molar-refractivity contribution in [3.8, 4) is 0 Å². The molecule has 2 heterocycles. The Balaban J connectivity index is 1.43. The molecule has 0 atom stereocenters. The molecule has 0 spiro atoms. The molecule has 2 fully saturated rings. The zero-order chi connectivity index (χ0) is 15.4. The number of hydrogen-bond acceptors (Lipinski definition) is 4. The number of hydrogen-bond donors (Lipinski definition) is 2. The zero-order valence-corrected chi connectivity index (χ0v) is 13.0. The minimum atomic E-state index is -1.10. The van der Waals surface area contributed by atoms with Gasteiger partial charge in [-0.15, -0.1) is 0 Å². The molecule has 1 saturated heterocycles. The first kappa shape index (κ1) is 15.3. The molecular formula is C17H25N3O2. The first-order valence-electron chi connectivity index (χ1n) is 8.33. The summed E-state index contributed by atoms with van der Waals surface area (Å²) in [4.78, 5) is 18.5. The van der Waals surface area contributed by atoms with Gasteiger partial charge in [-0.25, -0.2) is 0 Å². The van der Waals surface area contributed by atoms with Gasteiger partial charge in [-0.05, 0) is 56.6 Å². The lowest BCUT2D eigenvalue weighted by Crippen LogP contribution is -2.47. The smallest absolute Gasteiger partial charge is 0.251 e. The Labute approximate surface area is 131 Å². The van der Waals surface area contributed by atoms with E-state index < -0.39 is 5.60 Å². The minimum absolute atomic E-state index is 0.165. The van der Waals surface area contributed by atoms with Crippen LogP contribution in [-0.4, -0.2) is 41.2 Å². The fourth-order valence-corrected chi connectivity index (χ4v) is 3.54. The summed E-state index contributed by atoms with van der Waals surface area (Å²) in [6.45, 7) is 2.70. The Morgan fingerprint density at radius 2 is 1.91 bits per heavy atom. The first-order valence-corrected chi connectivity index (χ1v) is 8.33. The summed E-state index contributed by atoms with van der Waals surface area (Å²) in [6.07, 6.45) is 8.91. The Hall–Kier alpha value is -1.62. The second-order valence-electron chi connectivity index (χ2n) is 6.58. The Bertz CT molecular complexity index is 492. The van der Waals surface area contributed by atoms with Crippen molar-refractivity contribution < 1.29 is 9.90 Å². The highest BCUT2D eigenvalue weighted by molar-refractivity contribution is 5.85. The van der Waals surface area contributed by atoms with E-state index in [0.717, 1.165) is 38.8 Å². The summed E-state index contributed by atoms with van der Waals surface area (Å²) in [7, 11) is 0. The van der Waals surface area contributed by atoms with Gasteiger partial charge in [-0.3, -0.25) is 9.78 Å². The number of carbonyl (C=O) groups is 1. The number of nitrogens with one attached hydrogen (secondary N) is 1. The maximum atomic E-state index is 12.1. The molecule has 0 aromatic carbocycles. The average Bonchev–Trinajstić information content (AvgIpc) is 3.02. The molecule has 0 bridgehead atoms. The number of pyridine rings is 1. The summed E-state index contributed by atoms with van der Waals surface area (Å²) < 4.78 is 0. The second-order valence-corrected chi connectivity index (χ2v) is 6.58. The molecule has 3 rings (SSSR count). The van der Waals surface area contributed by atoms with E-state index in [1.807, 2.05) is 24.5 Å². The molecule has 120 valence electrons. The number of aliphatic hydroxyl groups is 1. The highest BCUT2D eigenvalue weighted by Crippen LogP contribution is 2.29. The normalized spacial score (nSPS) is 21.8. The summed E-state index contributed by atoms with van der Waals surface area (Å²) in [5.74, 6) is 0.341. The molecular weight excluding hydrogens is 278 g/mol. The standard InChI is InChI=1S/C17H25N3O2/c21-16(17(22)7-1-2-8-17)19-13-14-5-11-20(12-6-14)15-3-9-18-10-4-15/h3-4,9-10,14,22H,1-2,5-8,11-13H2,(H,19,21). The van der Waals surface area contributed by atoms with Crippen LogP contribution in [0.2, 0.25) is 0 Å². The zero-order valence-electron chi connectivity index (χ0n) is 13.0. The largest absolute Gasteiger partial charge is 0.380 e. The van der Waals surface area contributed by atoms with Gasteiger partial charge < -0.3 is 15.3 Å². The number of anilines is 1. The van der Waals surface area contributed by atoms with Crippen LogP contribution >= 0.6 is 0 Å². The van der Waals surface area contributed by atoms with Crippen LogP contribution < -0.4 is 10.2 Å². The predicted molar refractivity (Wildman–Crippen MR) is 85.6 cm³/mol. The summed E-state index contributed by atoms with van der Waals surface area (Å²) >= 11 is 0. The molecule has 1 aromatic rings. The third-order valence-electron chi connectivity index (χ3n) is 5.05. The average molecular weight is 303 g/mol. The van der Waals surface area contributed by atoms with Crippen molar-refractivity contribution in [2.24, 2.45) is 5.92 Å². The third kappa shape index (κ3) is 3.40. The summed E-state index contributed by atoms with van der Waals surface area (Å²) in [6, 6.07) is 4.08. The van der Waals surface area contributed by atoms with Gasteiger partial charge >= 0.3 is 0 Å². The van der Waals surface area contributed by atoms with Crippen LogP contribution in [0.1, 0.15) is 38.5 Å². The van der Waals surface area contributed by atoms with Crippen LogP contribution in [0.4, 0.5) is 5.69 Å². The van der Waals surface area contributed by atoms with Crippen LogP contribution in [-0.2, 0) is 4.79 Å². The fourth-order valence-electron chi connectivity index (χ4n) is 3.54. The van der Waals surface area contributed by atoms with Gasteiger partial charge in [-0.1, -0.05) is 0 Å². The van der Waals surface area contributed by atoms with Crippen LogP contribution in [0.25, 0.3) is 0 Å². The van der Waals surface area contributed by atoms with Gasteiger partial charge in [0.25, 0.3) is 5.91 Å². The van der Waals surface area contributed by atoms with Crippen molar-refractivity contribution in [3.63, 3.8) is 0 Å². The lowest BCUT2D eigenvalue weighted by Gasteiger charge is -2.34. The molecule has 5 heteroatoms. The lowest BCUT2D eigenvalue weighted by atomic mass is 9.95. The van der Waals surface area contributed by atoms with Crippen molar-refractivity contribution in [1.82, 2.24) is 10.3 Å². The first-order chi connectivity index (χ1) is 10.7. The molecule has 1 aromatic heterocycles. The molecule has 5 nitrogen and oxygen atoms in total. The number of aromatic nitrogens is 1.